The lowest BCUT2D eigenvalue weighted by atomic mass is 10.2. The van der Waals surface area contributed by atoms with Crippen molar-refractivity contribution >= 4 is 17.3 Å². The van der Waals surface area contributed by atoms with Gasteiger partial charge < -0.3 is 5.11 Å². The minimum Gasteiger partial charge on any atom is -0.481 e. The highest BCUT2D eigenvalue weighted by Gasteiger charge is 2.45. The molecule has 0 aromatic carbocycles. The van der Waals surface area contributed by atoms with Gasteiger partial charge in [-0.25, -0.2) is 4.98 Å². The molecule has 0 aliphatic heterocycles. The number of hydrogen-bond acceptors (Lipinski definition) is 3. The highest BCUT2D eigenvalue weighted by molar-refractivity contribution is 7.09. The second kappa shape index (κ2) is 2.55. The molecule has 2 unspecified atom stereocenters. The SMILES string of the molecule is Cc1nc(C2CC2C(=O)O)cs1. The molecule has 0 bridgehead atoms. The molecule has 2 atom stereocenters. The predicted molar refractivity (Wildman–Crippen MR) is 45.3 cm³/mol. The van der Waals surface area contributed by atoms with Crippen LogP contribution in [0.25, 0.3) is 0 Å². The Morgan fingerprint density at radius 1 is 1.83 bits per heavy atom. The molecule has 12 heavy (non-hydrogen) atoms. The van der Waals surface area contributed by atoms with Gasteiger partial charge in [-0.3, -0.25) is 4.79 Å². The molecule has 1 aliphatic rings. The maximum absolute atomic E-state index is 10.5. The summed E-state index contributed by atoms with van der Waals surface area (Å²) in [5, 5.41) is 11.6. The van der Waals surface area contributed by atoms with Crippen LogP contribution >= 0.6 is 11.3 Å². The van der Waals surface area contributed by atoms with Crippen LogP contribution in [0.1, 0.15) is 23.0 Å². The lowest BCUT2D eigenvalue weighted by Crippen LogP contribution is -1.98. The zero-order valence-electron chi connectivity index (χ0n) is 6.65. The maximum atomic E-state index is 10.5. The molecule has 1 saturated carbocycles. The Morgan fingerprint density at radius 2 is 2.58 bits per heavy atom. The number of carboxylic acid groups (broad SMARTS) is 1. The Balaban J connectivity index is 2.10. The largest absolute Gasteiger partial charge is 0.481 e. The number of aryl methyl sites for hydroxylation is 1. The molecule has 0 spiro atoms. The van der Waals surface area contributed by atoms with E-state index in [2.05, 4.69) is 4.98 Å². The Bertz CT molecular complexity index is 321. The first-order chi connectivity index (χ1) is 5.68. The van der Waals surface area contributed by atoms with Crippen LogP contribution in [-0.4, -0.2) is 16.1 Å². The van der Waals surface area contributed by atoms with E-state index in [0.29, 0.717) is 0 Å². The molecule has 0 amide bonds. The summed E-state index contributed by atoms with van der Waals surface area (Å²) in [6, 6.07) is 0. The number of carboxylic acids is 1. The van der Waals surface area contributed by atoms with Crippen LogP contribution in [-0.2, 0) is 4.79 Å². The van der Waals surface area contributed by atoms with E-state index >= 15 is 0 Å². The highest BCUT2D eigenvalue weighted by Crippen LogP contribution is 2.47. The molecule has 1 N–H and O–H groups in total. The third-order valence-electron chi connectivity index (χ3n) is 2.12. The Hall–Kier alpha value is -0.900. The van der Waals surface area contributed by atoms with Gasteiger partial charge in [-0.2, -0.15) is 0 Å². The average Bonchev–Trinajstić information content (AvgIpc) is 2.70. The molecule has 0 saturated heterocycles. The van der Waals surface area contributed by atoms with Crippen molar-refractivity contribution in [3.63, 3.8) is 0 Å². The van der Waals surface area contributed by atoms with Crippen LogP contribution in [0.15, 0.2) is 5.38 Å². The lowest BCUT2D eigenvalue weighted by molar-refractivity contribution is -0.138. The Labute approximate surface area is 74.1 Å². The third kappa shape index (κ3) is 1.22. The number of aromatic nitrogens is 1. The fourth-order valence-corrected chi connectivity index (χ4v) is 2.02. The van der Waals surface area contributed by atoms with Crippen LogP contribution in [0.4, 0.5) is 0 Å². The van der Waals surface area contributed by atoms with Crippen molar-refractivity contribution in [1.82, 2.24) is 4.98 Å². The molecule has 1 aromatic rings. The molecule has 2 rings (SSSR count). The standard InChI is InChI=1S/C8H9NO2S/c1-4-9-7(3-12-4)5-2-6(5)8(10)11/h3,5-6H,2H2,1H3,(H,10,11). The minimum atomic E-state index is -0.689. The van der Waals surface area contributed by atoms with Crippen molar-refractivity contribution in [3.05, 3.63) is 16.1 Å². The summed E-state index contributed by atoms with van der Waals surface area (Å²) in [4.78, 5) is 14.8. The maximum Gasteiger partial charge on any atom is 0.307 e. The normalized spacial score (nSPS) is 27.1. The smallest absolute Gasteiger partial charge is 0.307 e. The van der Waals surface area contributed by atoms with Crippen LogP contribution < -0.4 is 0 Å². The molecule has 4 heteroatoms. The molecule has 1 aromatic heterocycles. The summed E-state index contributed by atoms with van der Waals surface area (Å²) in [6.07, 6.45) is 0.762. The van der Waals surface area contributed by atoms with Gasteiger partial charge in [0.1, 0.15) is 0 Å². The van der Waals surface area contributed by atoms with E-state index in [1.54, 1.807) is 11.3 Å². The second-order valence-electron chi connectivity index (χ2n) is 3.08. The fourth-order valence-electron chi connectivity index (χ4n) is 1.35. The summed E-state index contributed by atoms with van der Waals surface area (Å²) in [5.74, 6) is -0.676. The number of rotatable bonds is 2. The molecule has 3 nitrogen and oxygen atoms in total. The average molecular weight is 183 g/mol. The van der Waals surface area contributed by atoms with Crippen LogP contribution in [0.2, 0.25) is 0 Å². The van der Waals surface area contributed by atoms with E-state index in [4.69, 9.17) is 5.11 Å². The van der Waals surface area contributed by atoms with E-state index in [0.717, 1.165) is 17.1 Å². The molecule has 1 aliphatic carbocycles. The van der Waals surface area contributed by atoms with Gasteiger partial charge in [0.25, 0.3) is 0 Å². The van der Waals surface area contributed by atoms with Crippen molar-refractivity contribution < 1.29 is 9.90 Å². The van der Waals surface area contributed by atoms with E-state index in [9.17, 15) is 4.79 Å². The first-order valence-corrected chi connectivity index (χ1v) is 4.71. The van der Waals surface area contributed by atoms with Crippen LogP contribution in [0, 0.1) is 12.8 Å². The second-order valence-corrected chi connectivity index (χ2v) is 4.14. The molecular formula is C8H9NO2S. The van der Waals surface area contributed by atoms with Crippen molar-refractivity contribution in [2.75, 3.05) is 0 Å². The molecular weight excluding hydrogens is 174 g/mol. The van der Waals surface area contributed by atoms with Gasteiger partial charge in [0.05, 0.1) is 16.6 Å². The van der Waals surface area contributed by atoms with E-state index in [1.807, 2.05) is 12.3 Å². The van der Waals surface area contributed by atoms with E-state index in [-0.39, 0.29) is 11.8 Å². The van der Waals surface area contributed by atoms with Gasteiger partial charge in [0.15, 0.2) is 0 Å². The summed E-state index contributed by atoms with van der Waals surface area (Å²) >= 11 is 1.58. The highest BCUT2D eigenvalue weighted by atomic mass is 32.1. The van der Waals surface area contributed by atoms with Gasteiger partial charge in [-0.05, 0) is 13.3 Å². The summed E-state index contributed by atoms with van der Waals surface area (Å²) in [6.45, 7) is 1.94. The van der Waals surface area contributed by atoms with Gasteiger partial charge in [-0.1, -0.05) is 0 Å². The van der Waals surface area contributed by atoms with E-state index in [1.165, 1.54) is 0 Å². The van der Waals surface area contributed by atoms with Crippen LogP contribution in [0.3, 0.4) is 0 Å². The summed E-state index contributed by atoms with van der Waals surface area (Å²) in [7, 11) is 0. The lowest BCUT2D eigenvalue weighted by Gasteiger charge is -1.88. The monoisotopic (exact) mass is 183 g/mol. The Kier molecular flexibility index (Phi) is 1.65. The van der Waals surface area contributed by atoms with Gasteiger partial charge >= 0.3 is 5.97 Å². The number of hydrogen-bond donors (Lipinski definition) is 1. The van der Waals surface area contributed by atoms with Crippen molar-refractivity contribution in [2.24, 2.45) is 5.92 Å². The number of thiazole rings is 1. The van der Waals surface area contributed by atoms with E-state index < -0.39 is 5.97 Å². The Morgan fingerprint density at radius 3 is 3.00 bits per heavy atom. The molecule has 1 fully saturated rings. The zero-order chi connectivity index (χ0) is 8.72. The molecule has 1 heterocycles. The molecule has 0 radical (unpaired) electrons. The van der Waals surface area contributed by atoms with Gasteiger partial charge in [0.2, 0.25) is 0 Å². The first-order valence-electron chi connectivity index (χ1n) is 3.83. The van der Waals surface area contributed by atoms with Crippen LogP contribution in [0.5, 0.6) is 0 Å². The minimum absolute atomic E-state index is 0.175. The zero-order valence-corrected chi connectivity index (χ0v) is 7.47. The van der Waals surface area contributed by atoms with Crippen molar-refractivity contribution in [1.29, 1.82) is 0 Å². The third-order valence-corrected chi connectivity index (χ3v) is 2.92. The van der Waals surface area contributed by atoms with Gasteiger partial charge in [0, 0.05) is 11.3 Å². The first kappa shape index (κ1) is 7.73. The number of carbonyl (C=O) groups is 1. The number of nitrogens with zero attached hydrogens (tertiary/aromatic N) is 1. The van der Waals surface area contributed by atoms with Crippen molar-refractivity contribution in [3.8, 4) is 0 Å². The van der Waals surface area contributed by atoms with Gasteiger partial charge in [-0.15, -0.1) is 11.3 Å². The van der Waals surface area contributed by atoms with Crippen molar-refractivity contribution in [2.45, 2.75) is 19.3 Å². The number of aliphatic carboxylic acids is 1. The summed E-state index contributed by atoms with van der Waals surface area (Å²) < 4.78 is 0. The molecule has 64 valence electrons. The quantitative estimate of drug-likeness (QED) is 0.758. The predicted octanol–water partition coefficient (Wildman–Crippen LogP) is 1.64. The topological polar surface area (TPSA) is 50.2 Å². The summed E-state index contributed by atoms with van der Waals surface area (Å²) in [5.41, 5.74) is 0.963. The fraction of sp³-hybridized carbons (Fsp3) is 0.500.